The van der Waals surface area contributed by atoms with E-state index in [0.29, 0.717) is 11.1 Å². The van der Waals surface area contributed by atoms with Gasteiger partial charge < -0.3 is 9.97 Å². The molecule has 0 aliphatic rings. The number of H-pyrrole nitrogens is 2. The van der Waals surface area contributed by atoms with Gasteiger partial charge in [0.25, 0.3) is 0 Å². The first-order chi connectivity index (χ1) is 9.75. The third-order valence-corrected chi connectivity index (χ3v) is 2.84. The fourth-order valence-corrected chi connectivity index (χ4v) is 1.83. The number of nitrogens with zero attached hydrogens (tertiary/aromatic N) is 2. The molecule has 0 aliphatic carbocycles. The zero-order valence-corrected chi connectivity index (χ0v) is 10.3. The molecule has 20 heavy (non-hydrogen) atoms. The zero-order chi connectivity index (χ0) is 13.9. The summed E-state index contributed by atoms with van der Waals surface area (Å²) in [5, 5.41) is 0. The first-order valence-corrected chi connectivity index (χ1v) is 5.94. The van der Waals surface area contributed by atoms with Crippen molar-refractivity contribution in [3.63, 3.8) is 0 Å². The quantitative estimate of drug-likeness (QED) is 0.701. The first kappa shape index (κ1) is 12.0. The smallest absolute Gasteiger partial charge is 0.228 e. The van der Waals surface area contributed by atoms with Crippen molar-refractivity contribution in [2.45, 2.75) is 0 Å². The molecule has 2 aromatic heterocycles. The molecule has 0 atom stereocenters. The van der Waals surface area contributed by atoms with E-state index in [2.05, 4.69) is 19.9 Å². The Kier molecular flexibility index (Phi) is 2.96. The van der Waals surface area contributed by atoms with Gasteiger partial charge in [0.05, 0.1) is 0 Å². The van der Waals surface area contributed by atoms with Crippen molar-refractivity contribution in [1.82, 2.24) is 19.9 Å². The van der Waals surface area contributed by atoms with Gasteiger partial charge in [0, 0.05) is 35.9 Å². The fraction of sp³-hybridized carbons (Fsp3) is 0. The van der Waals surface area contributed by atoms with Gasteiger partial charge in [0.1, 0.15) is 0 Å². The molecule has 98 valence electrons. The number of hydrogen-bond acceptors (Lipinski definition) is 4. The molecule has 0 spiro atoms. The second kappa shape index (κ2) is 4.93. The van der Waals surface area contributed by atoms with Gasteiger partial charge in [-0.25, -0.2) is 9.97 Å². The molecule has 6 nitrogen and oxygen atoms in total. The first-order valence-electron chi connectivity index (χ1n) is 5.94. The van der Waals surface area contributed by atoms with Crippen LogP contribution in [0.3, 0.4) is 0 Å². The van der Waals surface area contributed by atoms with Crippen molar-refractivity contribution in [1.29, 1.82) is 0 Å². The number of hydrogen-bond donors (Lipinski definition) is 2. The minimum Gasteiger partial charge on any atom is -0.342 e. The molecule has 6 heteroatoms. The summed E-state index contributed by atoms with van der Waals surface area (Å²) in [4.78, 5) is 37.4. The standard InChI is InChI=1S/C14H10N4O2/c19-11(13-15-5-6-16-13)9-1-2-10(4-3-9)12(20)14-17-7-8-18-14/h1-8H,(H,15,16)(H,17,18). The zero-order valence-electron chi connectivity index (χ0n) is 10.3. The fourth-order valence-electron chi connectivity index (χ4n) is 1.83. The third-order valence-electron chi connectivity index (χ3n) is 2.84. The molecule has 0 radical (unpaired) electrons. The van der Waals surface area contributed by atoms with Gasteiger partial charge in [-0.1, -0.05) is 24.3 Å². The van der Waals surface area contributed by atoms with Crippen molar-refractivity contribution in [2.75, 3.05) is 0 Å². The molecule has 2 heterocycles. The maximum atomic E-state index is 12.0. The number of benzene rings is 1. The molecule has 0 unspecified atom stereocenters. The monoisotopic (exact) mass is 266 g/mol. The average molecular weight is 266 g/mol. The van der Waals surface area contributed by atoms with Gasteiger partial charge >= 0.3 is 0 Å². The van der Waals surface area contributed by atoms with E-state index in [1.165, 1.54) is 12.4 Å². The number of nitrogens with one attached hydrogen (secondary N) is 2. The van der Waals surface area contributed by atoms with Crippen molar-refractivity contribution in [2.24, 2.45) is 0 Å². The van der Waals surface area contributed by atoms with Gasteiger partial charge in [-0.05, 0) is 0 Å². The second-order valence-corrected chi connectivity index (χ2v) is 4.11. The van der Waals surface area contributed by atoms with E-state index in [0.717, 1.165) is 0 Å². The number of imidazole rings is 2. The van der Waals surface area contributed by atoms with Crippen LogP contribution in [0.25, 0.3) is 0 Å². The maximum absolute atomic E-state index is 12.0. The second-order valence-electron chi connectivity index (χ2n) is 4.11. The number of ketones is 2. The Hall–Kier alpha value is -3.02. The molecule has 1 aromatic carbocycles. The third kappa shape index (κ3) is 2.14. The minimum absolute atomic E-state index is 0.216. The number of carbonyl (C=O) groups is 2. The molecular formula is C14H10N4O2. The van der Waals surface area contributed by atoms with Crippen LogP contribution in [0.15, 0.2) is 49.1 Å². The van der Waals surface area contributed by atoms with E-state index < -0.39 is 0 Å². The van der Waals surface area contributed by atoms with E-state index >= 15 is 0 Å². The Morgan fingerprint density at radius 3 is 1.45 bits per heavy atom. The summed E-state index contributed by atoms with van der Waals surface area (Å²) in [5.41, 5.74) is 0.937. The molecule has 0 aliphatic heterocycles. The Morgan fingerprint density at radius 1 is 0.750 bits per heavy atom. The van der Waals surface area contributed by atoms with Gasteiger partial charge in [-0.15, -0.1) is 0 Å². The number of aromatic nitrogens is 4. The SMILES string of the molecule is O=C(c1ccc(C(=O)c2ncc[nH]2)cc1)c1ncc[nH]1. The molecule has 2 N–H and O–H groups in total. The van der Waals surface area contributed by atoms with Crippen LogP contribution < -0.4 is 0 Å². The van der Waals surface area contributed by atoms with Crippen LogP contribution in [0, 0.1) is 0 Å². The van der Waals surface area contributed by atoms with Crippen molar-refractivity contribution >= 4 is 11.6 Å². The largest absolute Gasteiger partial charge is 0.342 e. The van der Waals surface area contributed by atoms with E-state index in [1.807, 2.05) is 0 Å². The molecule has 0 amide bonds. The summed E-state index contributed by atoms with van der Waals surface area (Å²) in [6.45, 7) is 0. The lowest BCUT2D eigenvalue weighted by atomic mass is 10.1. The Labute approximate surface area is 113 Å². The summed E-state index contributed by atoms with van der Waals surface area (Å²) in [6, 6.07) is 6.39. The number of rotatable bonds is 4. The Bertz CT molecular complexity index is 663. The van der Waals surface area contributed by atoms with Crippen molar-refractivity contribution in [3.05, 3.63) is 71.8 Å². The van der Waals surface area contributed by atoms with Crippen LogP contribution in [-0.4, -0.2) is 31.5 Å². The summed E-state index contributed by atoms with van der Waals surface area (Å²) < 4.78 is 0. The lowest BCUT2D eigenvalue weighted by Crippen LogP contribution is -2.06. The molecule has 0 saturated carbocycles. The van der Waals surface area contributed by atoms with Gasteiger partial charge in [0.15, 0.2) is 11.6 Å². The lowest BCUT2D eigenvalue weighted by molar-refractivity contribution is 0.101. The summed E-state index contributed by atoms with van der Waals surface area (Å²) in [6.07, 6.45) is 6.20. The van der Waals surface area contributed by atoms with E-state index in [1.54, 1.807) is 36.7 Å². The molecular weight excluding hydrogens is 256 g/mol. The highest BCUT2D eigenvalue weighted by atomic mass is 16.1. The summed E-state index contributed by atoms with van der Waals surface area (Å²) in [5.74, 6) is 0.115. The molecule has 3 rings (SSSR count). The highest BCUT2D eigenvalue weighted by molar-refractivity contribution is 6.09. The number of aromatic amines is 2. The molecule has 0 saturated heterocycles. The van der Waals surface area contributed by atoms with Crippen LogP contribution in [-0.2, 0) is 0 Å². The van der Waals surface area contributed by atoms with Crippen LogP contribution >= 0.6 is 0 Å². The molecule has 0 bridgehead atoms. The highest BCUT2D eigenvalue weighted by Crippen LogP contribution is 2.11. The van der Waals surface area contributed by atoms with Crippen LogP contribution in [0.5, 0.6) is 0 Å². The topological polar surface area (TPSA) is 91.5 Å². The van der Waals surface area contributed by atoms with Crippen LogP contribution in [0.2, 0.25) is 0 Å². The van der Waals surface area contributed by atoms with E-state index in [4.69, 9.17) is 0 Å². The Balaban J connectivity index is 1.85. The number of carbonyl (C=O) groups excluding carboxylic acids is 2. The summed E-state index contributed by atoms with van der Waals surface area (Å²) in [7, 11) is 0. The highest BCUT2D eigenvalue weighted by Gasteiger charge is 2.14. The van der Waals surface area contributed by atoms with Crippen molar-refractivity contribution in [3.8, 4) is 0 Å². The van der Waals surface area contributed by atoms with Crippen molar-refractivity contribution < 1.29 is 9.59 Å². The molecule has 0 fully saturated rings. The van der Waals surface area contributed by atoms with E-state index in [-0.39, 0.29) is 23.2 Å². The van der Waals surface area contributed by atoms with E-state index in [9.17, 15) is 9.59 Å². The Morgan fingerprint density at radius 2 is 1.15 bits per heavy atom. The van der Waals surface area contributed by atoms with Gasteiger partial charge in [0.2, 0.25) is 11.6 Å². The molecule has 3 aromatic rings. The van der Waals surface area contributed by atoms with Crippen LogP contribution in [0.4, 0.5) is 0 Å². The van der Waals surface area contributed by atoms with Gasteiger partial charge in [-0.3, -0.25) is 9.59 Å². The summed E-state index contributed by atoms with van der Waals surface area (Å²) >= 11 is 0. The normalized spacial score (nSPS) is 10.4. The average Bonchev–Trinajstić information content (AvgIpc) is 3.18. The maximum Gasteiger partial charge on any atom is 0.228 e. The lowest BCUT2D eigenvalue weighted by Gasteiger charge is -2.00. The predicted molar refractivity (Wildman–Crippen MR) is 70.5 cm³/mol. The van der Waals surface area contributed by atoms with Gasteiger partial charge in [-0.2, -0.15) is 0 Å². The minimum atomic E-state index is -0.216. The predicted octanol–water partition coefficient (Wildman–Crippen LogP) is 1.59. The van der Waals surface area contributed by atoms with Crippen LogP contribution in [0.1, 0.15) is 32.4 Å².